The normalized spacial score (nSPS) is 13.9. The van der Waals surface area contributed by atoms with E-state index in [2.05, 4.69) is 10.9 Å². The number of alkyl halides is 4. The summed E-state index contributed by atoms with van der Waals surface area (Å²) in [7, 11) is -7.38. The molecule has 0 saturated carbocycles. The van der Waals surface area contributed by atoms with Crippen LogP contribution in [0.15, 0.2) is 0 Å². The van der Waals surface area contributed by atoms with E-state index in [4.69, 9.17) is 64.5 Å². The Morgan fingerprint density at radius 3 is 1.00 bits per heavy atom. The van der Waals surface area contributed by atoms with Crippen molar-refractivity contribution in [2.24, 2.45) is 0 Å². The summed E-state index contributed by atoms with van der Waals surface area (Å²) in [5.74, 6) is 0.543. The molecule has 0 amide bonds. The Balaban J connectivity index is 5.41. The average Bonchev–Trinajstić information content (AvgIpc) is 2.65. The van der Waals surface area contributed by atoms with Gasteiger partial charge < -0.3 is 18.1 Å². The van der Waals surface area contributed by atoms with Gasteiger partial charge in [-0.15, -0.1) is 46.4 Å². The number of hydrazine groups is 1. The van der Waals surface area contributed by atoms with Crippen LogP contribution in [0, 0.1) is 0 Å². The Kier molecular flexibility index (Phi) is 14.4. The van der Waals surface area contributed by atoms with Crippen molar-refractivity contribution < 1.29 is 27.2 Å². The molecule has 0 unspecified atom stereocenters. The largest absolute Gasteiger partial charge is 0.351 e. The maximum absolute atomic E-state index is 13.2. The lowest BCUT2D eigenvalue weighted by Crippen LogP contribution is -2.56. The van der Waals surface area contributed by atoms with Gasteiger partial charge >= 0.3 is 15.2 Å². The minimum Gasteiger partial charge on any atom is -0.306 e. The van der Waals surface area contributed by atoms with Crippen LogP contribution in [0.25, 0.3) is 0 Å². The zero-order chi connectivity index (χ0) is 21.9. The molecule has 0 aliphatic heterocycles. The number of hydrogen-bond acceptors (Lipinski definition) is 8. The fourth-order valence-electron chi connectivity index (χ4n) is 1.78. The smallest absolute Gasteiger partial charge is 0.306 e. The number of halogens is 4. The standard InChI is InChI=1S/C14H30Cl4N2O6P2/c1-13(2,27(21,23-9-5-15)24-10-6-16)19-20-14(3,4)28(22,25-11-7-17)26-12-8-18/h19-20H,5-12H2,1-4H3. The molecule has 0 bridgehead atoms. The van der Waals surface area contributed by atoms with E-state index in [1.807, 2.05) is 0 Å². The highest BCUT2D eigenvalue weighted by molar-refractivity contribution is 7.56. The number of nitrogens with one attached hydrogen (secondary N) is 2. The van der Waals surface area contributed by atoms with Gasteiger partial charge in [-0.25, -0.2) is 10.9 Å². The molecule has 170 valence electrons. The van der Waals surface area contributed by atoms with Gasteiger partial charge in [-0.3, -0.25) is 9.13 Å². The maximum atomic E-state index is 13.2. The second-order valence-electron chi connectivity index (χ2n) is 6.45. The van der Waals surface area contributed by atoms with Crippen molar-refractivity contribution in [3.05, 3.63) is 0 Å². The molecule has 0 fully saturated rings. The molecule has 0 radical (unpaired) electrons. The second-order valence-corrected chi connectivity index (χ2v) is 13.2. The molecule has 28 heavy (non-hydrogen) atoms. The first-order valence-corrected chi connectivity index (χ1v) is 13.7. The fraction of sp³-hybridized carbons (Fsp3) is 1.00. The summed E-state index contributed by atoms with van der Waals surface area (Å²) in [5, 5.41) is -2.46. The summed E-state index contributed by atoms with van der Waals surface area (Å²) < 4.78 is 48.1. The van der Waals surface area contributed by atoms with Crippen molar-refractivity contribution in [2.75, 3.05) is 49.9 Å². The highest BCUT2D eigenvalue weighted by Gasteiger charge is 2.48. The molecule has 0 rings (SSSR count). The van der Waals surface area contributed by atoms with Crippen LogP contribution in [0.5, 0.6) is 0 Å². The molecule has 0 aliphatic carbocycles. The van der Waals surface area contributed by atoms with Gasteiger partial charge in [0.2, 0.25) is 0 Å². The molecule has 2 N–H and O–H groups in total. The minimum atomic E-state index is -3.69. The van der Waals surface area contributed by atoms with E-state index in [1.54, 1.807) is 27.7 Å². The highest BCUT2D eigenvalue weighted by Crippen LogP contribution is 2.60. The Morgan fingerprint density at radius 1 is 0.607 bits per heavy atom. The van der Waals surface area contributed by atoms with Gasteiger partial charge in [0.05, 0.1) is 26.4 Å². The van der Waals surface area contributed by atoms with E-state index in [1.165, 1.54) is 0 Å². The third-order valence-electron chi connectivity index (χ3n) is 3.40. The molecule has 0 heterocycles. The topological polar surface area (TPSA) is 95.1 Å². The zero-order valence-electron chi connectivity index (χ0n) is 16.5. The van der Waals surface area contributed by atoms with Gasteiger partial charge in [0, 0.05) is 23.5 Å². The van der Waals surface area contributed by atoms with Gasteiger partial charge in [0.1, 0.15) is 10.6 Å². The Hall–Kier alpha value is 1.38. The van der Waals surface area contributed by atoms with Crippen LogP contribution >= 0.6 is 61.6 Å². The van der Waals surface area contributed by atoms with Crippen molar-refractivity contribution in [2.45, 2.75) is 38.3 Å². The van der Waals surface area contributed by atoms with Crippen molar-refractivity contribution in [1.82, 2.24) is 10.9 Å². The van der Waals surface area contributed by atoms with Crippen LogP contribution in [0.1, 0.15) is 27.7 Å². The minimum absolute atomic E-state index is 0.0196. The van der Waals surface area contributed by atoms with E-state index >= 15 is 0 Å². The highest BCUT2D eigenvalue weighted by atomic mass is 35.5. The van der Waals surface area contributed by atoms with Crippen LogP contribution in [-0.2, 0) is 27.2 Å². The summed E-state index contributed by atoms with van der Waals surface area (Å²) in [6.45, 7) is 6.48. The predicted octanol–water partition coefficient (Wildman–Crippen LogP) is 4.96. The quantitative estimate of drug-likeness (QED) is 0.156. The maximum Gasteiger partial charge on any atom is 0.351 e. The molecular formula is C14H30Cl4N2O6P2. The fourth-order valence-corrected chi connectivity index (χ4v) is 5.67. The molecule has 14 heteroatoms. The van der Waals surface area contributed by atoms with Gasteiger partial charge in [0.25, 0.3) is 0 Å². The Labute approximate surface area is 187 Å². The van der Waals surface area contributed by atoms with Crippen molar-refractivity contribution in [1.29, 1.82) is 0 Å². The summed E-state index contributed by atoms with van der Waals surface area (Å²) in [5.41, 5.74) is 5.74. The average molecular weight is 526 g/mol. The number of rotatable bonds is 17. The monoisotopic (exact) mass is 524 g/mol. The van der Waals surface area contributed by atoms with E-state index in [-0.39, 0.29) is 49.9 Å². The molecule has 0 aromatic carbocycles. The van der Waals surface area contributed by atoms with Crippen molar-refractivity contribution in [3.63, 3.8) is 0 Å². The Bertz CT molecular complexity index is 472. The zero-order valence-corrected chi connectivity index (χ0v) is 21.3. The first-order chi connectivity index (χ1) is 12.9. The first kappa shape index (κ1) is 29.4. The lowest BCUT2D eigenvalue weighted by molar-refractivity contribution is 0.169. The predicted molar refractivity (Wildman–Crippen MR) is 116 cm³/mol. The van der Waals surface area contributed by atoms with Crippen LogP contribution in [0.4, 0.5) is 0 Å². The van der Waals surface area contributed by atoms with Crippen LogP contribution in [0.3, 0.4) is 0 Å². The molecule has 0 aromatic rings. The second kappa shape index (κ2) is 13.7. The molecule has 8 nitrogen and oxygen atoms in total. The van der Waals surface area contributed by atoms with Gasteiger partial charge in [-0.05, 0) is 27.7 Å². The van der Waals surface area contributed by atoms with Gasteiger partial charge in [-0.1, -0.05) is 0 Å². The lowest BCUT2D eigenvalue weighted by atomic mass is 10.4. The SMILES string of the molecule is CC(C)(NNC(C)(C)P(=O)(OCCCl)OCCCl)P(=O)(OCCCl)OCCCl. The van der Waals surface area contributed by atoms with Gasteiger partial charge in [0.15, 0.2) is 0 Å². The van der Waals surface area contributed by atoms with E-state index in [0.717, 1.165) is 0 Å². The molecule has 0 aliphatic rings. The summed E-state index contributed by atoms with van der Waals surface area (Å²) in [4.78, 5) is 0. The van der Waals surface area contributed by atoms with Crippen LogP contribution in [0.2, 0.25) is 0 Å². The third-order valence-corrected chi connectivity index (χ3v) is 9.07. The van der Waals surface area contributed by atoms with Crippen molar-refractivity contribution in [3.8, 4) is 0 Å². The van der Waals surface area contributed by atoms with Gasteiger partial charge in [-0.2, -0.15) is 0 Å². The van der Waals surface area contributed by atoms with E-state index in [0.29, 0.717) is 0 Å². The summed E-state index contributed by atoms with van der Waals surface area (Å²) in [6, 6.07) is 0. The Morgan fingerprint density at radius 2 is 0.821 bits per heavy atom. The van der Waals surface area contributed by atoms with Crippen molar-refractivity contribution >= 4 is 61.6 Å². The first-order valence-electron chi connectivity index (χ1n) is 8.52. The van der Waals surface area contributed by atoms with Crippen LogP contribution < -0.4 is 10.9 Å². The van der Waals surface area contributed by atoms with E-state index < -0.39 is 25.8 Å². The summed E-state index contributed by atoms with van der Waals surface area (Å²) in [6.07, 6.45) is 0. The molecule has 0 aromatic heterocycles. The molecule has 0 saturated heterocycles. The molecule has 0 spiro atoms. The molecular weight excluding hydrogens is 496 g/mol. The van der Waals surface area contributed by atoms with E-state index in [9.17, 15) is 9.13 Å². The number of hydrogen-bond donors (Lipinski definition) is 2. The van der Waals surface area contributed by atoms with Crippen LogP contribution in [-0.4, -0.2) is 60.5 Å². The molecule has 0 atom stereocenters. The third kappa shape index (κ3) is 8.86. The lowest BCUT2D eigenvalue weighted by Gasteiger charge is -2.39. The summed E-state index contributed by atoms with van der Waals surface area (Å²) >= 11 is 22.6.